The second-order valence-electron chi connectivity index (χ2n) is 4.79. The summed E-state index contributed by atoms with van der Waals surface area (Å²) in [7, 11) is 0. The highest BCUT2D eigenvalue weighted by Gasteiger charge is 2.13. The van der Waals surface area contributed by atoms with Crippen molar-refractivity contribution in [3.05, 3.63) is 0 Å². The summed E-state index contributed by atoms with van der Waals surface area (Å²) in [4.78, 5) is 0. The third-order valence-corrected chi connectivity index (χ3v) is 3.08. The van der Waals surface area contributed by atoms with Gasteiger partial charge in [-0.05, 0) is 40.5 Å². The van der Waals surface area contributed by atoms with Crippen molar-refractivity contribution in [2.24, 2.45) is 0 Å². The van der Waals surface area contributed by atoms with E-state index in [9.17, 15) is 0 Å². The summed E-state index contributed by atoms with van der Waals surface area (Å²) in [5.74, 6) is 1.41. The predicted octanol–water partition coefficient (Wildman–Crippen LogP) is 3.16. The zero-order chi connectivity index (χ0) is 15.4. The molecule has 0 saturated carbocycles. The van der Waals surface area contributed by atoms with Crippen molar-refractivity contribution in [1.29, 1.82) is 0 Å². The van der Waals surface area contributed by atoms with Gasteiger partial charge in [-0.25, -0.2) is 0 Å². The quantitative estimate of drug-likeness (QED) is 0.403. The minimum atomic E-state index is -0.189. The Morgan fingerprint density at radius 1 is 0.700 bits per heavy atom. The largest absolute Gasteiger partial charge is 0.352 e. The van der Waals surface area contributed by atoms with Gasteiger partial charge in [0, 0.05) is 11.5 Å². The minimum absolute atomic E-state index is 0.143. The molecule has 0 rings (SSSR count). The molecule has 0 bridgehead atoms. The van der Waals surface area contributed by atoms with Crippen LogP contribution >= 0.6 is 25.3 Å². The van der Waals surface area contributed by atoms with Gasteiger partial charge in [0.1, 0.15) is 0 Å². The fourth-order valence-corrected chi connectivity index (χ4v) is 1.99. The summed E-state index contributed by atoms with van der Waals surface area (Å²) in [5, 5.41) is 0. The minimum Gasteiger partial charge on any atom is -0.352 e. The molecule has 4 nitrogen and oxygen atoms in total. The van der Waals surface area contributed by atoms with Gasteiger partial charge in [-0.15, -0.1) is 0 Å². The van der Waals surface area contributed by atoms with Crippen LogP contribution in [0.15, 0.2) is 0 Å². The second-order valence-corrected chi connectivity index (χ2v) is 5.69. The highest BCUT2D eigenvalue weighted by molar-refractivity contribution is 7.80. The molecule has 0 fully saturated rings. The van der Waals surface area contributed by atoms with Crippen molar-refractivity contribution in [2.75, 3.05) is 24.7 Å². The van der Waals surface area contributed by atoms with Gasteiger partial charge in [0.05, 0.1) is 25.4 Å². The van der Waals surface area contributed by atoms with Crippen LogP contribution in [0, 0.1) is 0 Å². The number of hydrogen-bond acceptors (Lipinski definition) is 6. The number of hydrogen-bond donors (Lipinski definition) is 2. The Morgan fingerprint density at radius 3 is 1.35 bits per heavy atom. The highest BCUT2D eigenvalue weighted by Crippen LogP contribution is 2.12. The smallest absolute Gasteiger partial charge is 0.155 e. The molecule has 0 aromatic heterocycles. The van der Waals surface area contributed by atoms with Crippen LogP contribution in [0.25, 0.3) is 0 Å². The molecule has 0 amide bonds. The van der Waals surface area contributed by atoms with E-state index in [1.807, 2.05) is 27.7 Å². The Hall–Kier alpha value is 0.540. The van der Waals surface area contributed by atoms with Gasteiger partial charge in [-0.3, -0.25) is 0 Å². The van der Waals surface area contributed by atoms with E-state index >= 15 is 0 Å². The van der Waals surface area contributed by atoms with Crippen LogP contribution in [-0.2, 0) is 18.9 Å². The Balaban J connectivity index is 3.68. The molecule has 6 heteroatoms. The van der Waals surface area contributed by atoms with Crippen LogP contribution < -0.4 is 0 Å². The lowest BCUT2D eigenvalue weighted by molar-refractivity contribution is -0.167. The first-order chi connectivity index (χ1) is 9.49. The fourth-order valence-electron chi connectivity index (χ4n) is 1.78. The summed E-state index contributed by atoms with van der Waals surface area (Å²) >= 11 is 8.19. The number of rotatable bonds is 13. The average molecular weight is 327 g/mol. The monoisotopic (exact) mass is 326 g/mol. The number of ether oxygens (including phenoxy) is 4. The summed E-state index contributed by atoms with van der Waals surface area (Å²) in [6.07, 6.45) is 1.76. The van der Waals surface area contributed by atoms with E-state index in [1.54, 1.807) is 0 Å². The average Bonchev–Trinajstić information content (AvgIpc) is 2.40. The molecule has 0 aromatic rings. The molecule has 0 saturated heterocycles. The van der Waals surface area contributed by atoms with Gasteiger partial charge in [0.2, 0.25) is 0 Å². The van der Waals surface area contributed by atoms with Crippen LogP contribution in [0.1, 0.15) is 40.5 Å². The SMILES string of the molecule is CC(CCC(C)OC(C)OCCS)OC(C)OCCS. The molecule has 0 radical (unpaired) electrons. The van der Waals surface area contributed by atoms with E-state index in [0.29, 0.717) is 24.7 Å². The van der Waals surface area contributed by atoms with Crippen LogP contribution in [0.2, 0.25) is 0 Å². The molecule has 0 aliphatic heterocycles. The molecule has 122 valence electrons. The lowest BCUT2D eigenvalue weighted by Crippen LogP contribution is -2.24. The molecule has 4 unspecified atom stereocenters. The van der Waals surface area contributed by atoms with Crippen LogP contribution in [0.3, 0.4) is 0 Å². The topological polar surface area (TPSA) is 36.9 Å². The normalized spacial score (nSPS) is 17.7. The molecule has 0 aromatic carbocycles. The molecule has 20 heavy (non-hydrogen) atoms. The Morgan fingerprint density at radius 2 is 1.05 bits per heavy atom. The maximum atomic E-state index is 5.72. The van der Waals surface area contributed by atoms with Crippen molar-refractivity contribution >= 4 is 25.3 Å². The highest BCUT2D eigenvalue weighted by atomic mass is 32.1. The van der Waals surface area contributed by atoms with Gasteiger partial charge in [-0.2, -0.15) is 25.3 Å². The zero-order valence-electron chi connectivity index (χ0n) is 13.1. The van der Waals surface area contributed by atoms with Crippen molar-refractivity contribution in [3.8, 4) is 0 Å². The van der Waals surface area contributed by atoms with Crippen LogP contribution in [0.4, 0.5) is 0 Å². The number of thiol groups is 2. The van der Waals surface area contributed by atoms with Gasteiger partial charge in [0.15, 0.2) is 12.6 Å². The third kappa shape index (κ3) is 12.3. The Kier molecular flexibility index (Phi) is 13.6. The molecular weight excluding hydrogens is 296 g/mol. The van der Waals surface area contributed by atoms with Crippen LogP contribution in [-0.4, -0.2) is 49.5 Å². The molecule has 4 atom stereocenters. The first-order valence-corrected chi connectivity index (χ1v) is 8.51. The fraction of sp³-hybridized carbons (Fsp3) is 1.00. The summed E-state index contributed by atoms with van der Waals surface area (Å²) in [6.45, 7) is 9.13. The van der Waals surface area contributed by atoms with Crippen molar-refractivity contribution in [1.82, 2.24) is 0 Å². The molecule has 0 N–H and O–H groups in total. The molecule has 0 aliphatic rings. The van der Waals surface area contributed by atoms with E-state index in [0.717, 1.165) is 12.8 Å². The zero-order valence-corrected chi connectivity index (χ0v) is 14.9. The van der Waals surface area contributed by atoms with E-state index in [2.05, 4.69) is 25.3 Å². The van der Waals surface area contributed by atoms with Gasteiger partial charge in [-0.1, -0.05) is 0 Å². The summed E-state index contributed by atoms with van der Waals surface area (Å²) < 4.78 is 22.3. The maximum Gasteiger partial charge on any atom is 0.155 e. The van der Waals surface area contributed by atoms with Gasteiger partial charge < -0.3 is 18.9 Å². The first kappa shape index (κ1) is 20.5. The van der Waals surface area contributed by atoms with E-state index < -0.39 is 0 Å². The third-order valence-electron chi connectivity index (χ3n) is 2.72. The Labute approximate surface area is 134 Å². The maximum absolute atomic E-state index is 5.72. The predicted molar refractivity (Wildman–Crippen MR) is 88.9 cm³/mol. The van der Waals surface area contributed by atoms with E-state index in [-0.39, 0.29) is 24.8 Å². The summed E-state index contributed by atoms with van der Waals surface area (Å²) in [6, 6.07) is 0. The first-order valence-electron chi connectivity index (χ1n) is 7.25. The van der Waals surface area contributed by atoms with Crippen molar-refractivity contribution in [3.63, 3.8) is 0 Å². The van der Waals surface area contributed by atoms with Gasteiger partial charge in [0.25, 0.3) is 0 Å². The van der Waals surface area contributed by atoms with E-state index in [4.69, 9.17) is 18.9 Å². The van der Waals surface area contributed by atoms with Crippen molar-refractivity contribution < 1.29 is 18.9 Å². The lowest BCUT2D eigenvalue weighted by atomic mass is 10.1. The van der Waals surface area contributed by atoms with Crippen LogP contribution in [0.5, 0.6) is 0 Å². The Bertz CT molecular complexity index is 197. The standard InChI is InChI=1S/C14H30O4S2/c1-11(17-13(3)15-7-9-19)5-6-12(2)18-14(4)16-8-10-20/h11-14,19-20H,5-10H2,1-4H3. The molecular formula is C14H30O4S2. The second kappa shape index (κ2) is 13.2. The molecule has 0 aliphatic carbocycles. The summed E-state index contributed by atoms with van der Waals surface area (Å²) in [5.41, 5.74) is 0. The molecule has 0 spiro atoms. The van der Waals surface area contributed by atoms with E-state index in [1.165, 1.54) is 0 Å². The molecule has 0 heterocycles. The lowest BCUT2D eigenvalue weighted by Gasteiger charge is -2.22. The van der Waals surface area contributed by atoms with Crippen molar-refractivity contribution in [2.45, 2.75) is 65.3 Å². The van der Waals surface area contributed by atoms with Gasteiger partial charge >= 0.3 is 0 Å².